The molecule has 1 rings (SSSR count). The minimum absolute atomic E-state index is 0.0552. The van der Waals surface area contributed by atoms with Gasteiger partial charge in [-0.3, -0.25) is 4.90 Å². The van der Waals surface area contributed by atoms with E-state index in [1.165, 1.54) is 7.11 Å². The van der Waals surface area contributed by atoms with Gasteiger partial charge in [0.2, 0.25) is 0 Å². The van der Waals surface area contributed by atoms with Gasteiger partial charge in [-0.25, -0.2) is 9.59 Å². The highest BCUT2D eigenvalue weighted by Crippen LogP contribution is 2.29. The van der Waals surface area contributed by atoms with Crippen LogP contribution >= 0.6 is 0 Å². The van der Waals surface area contributed by atoms with Crippen LogP contribution < -0.4 is 0 Å². The number of hydrogen-bond acceptors (Lipinski definition) is 4. The third-order valence-corrected chi connectivity index (χ3v) is 3.52. The van der Waals surface area contributed by atoms with Crippen molar-refractivity contribution in [3.05, 3.63) is 12.2 Å². The molecular formula is C15H25NO4. The van der Waals surface area contributed by atoms with E-state index in [1.807, 2.05) is 0 Å². The summed E-state index contributed by atoms with van der Waals surface area (Å²) in [5.74, 6) is -0.357. The van der Waals surface area contributed by atoms with E-state index in [9.17, 15) is 9.59 Å². The first kappa shape index (κ1) is 16.5. The zero-order valence-corrected chi connectivity index (χ0v) is 12.6. The van der Waals surface area contributed by atoms with Crippen molar-refractivity contribution in [2.75, 3.05) is 13.7 Å². The van der Waals surface area contributed by atoms with Crippen molar-refractivity contribution in [3.63, 3.8) is 0 Å². The lowest BCUT2D eigenvalue weighted by Crippen LogP contribution is -2.45. The van der Waals surface area contributed by atoms with Crippen LogP contribution in [0.2, 0.25) is 0 Å². The second-order valence-electron chi connectivity index (χ2n) is 4.83. The lowest BCUT2D eigenvalue weighted by molar-refractivity contribution is -0.145. The maximum Gasteiger partial charge on any atom is 0.410 e. The molecule has 0 saturated carbocycles. The van der Waals surface area contributed by atoms with Gasteiger partial charge in [-0.15, -0.1) is 0 Å². The monoisotopic (exact) mass is 283 g/mol. The van der Waals surface area contributed by atoms with Crippen molar-refractivity contribution >= 4 is 12.1 Å². The number of esters is 1. The lowest BCUT2D eigenvalue weighted by atomic mass is 10.1. The molecule has 1 aliphatic rings. The van der Waals surface area contributed by atoms with Gasteiger partial charge >= 0.3 is 12.1 Å². The van der Waals surface area contributed by atoms with Gasteiger partial charge in [0, 0.05) is 6.04 Å². The third-order valence-electron chi connectivity index (χ3n) is 3.52. The first-order chi connectivity index (χ1) is 9.65. The van der Waals surface area contributed by atoms with Gasteiger partial charge in [-0.05, 0) is 39.0 Å². The zero-order valence-electron chi connectivity index (χ0n) is 12.6. The number of allylic oxidation sites excluding steroid dienone is 2. The van der Waals surface area contributed by atoms with Crippen LogP contribution in [0.25, 0.3) is 0 Å². The normalized spacial score (nSPS) is 22.2. The lowest BCUT2D eigenvalue weighted by Gasteiger charge is -2.27. The predicted octanol–water partition coefficient (Wildman–Crippen LogP) is 2.90. The summed E-state index contributed by atoms with van der Waals surface area (Å²) in [5, 5.41) is 0. The van der Waals surface area contributed by atoms with Crippen molar-refractivity contribution in [2.24, 2.45) is 0 Å². The number of nitrogens with zero attached hydrogens (tertiary/aromatic N) is 1. The number of hydrogen-bond donors (Lipinski definition) is 0. The highest BCUT2D eigenvalue weighted by Gasteiger charge is 2.41. The number of carbonyl (C=O) groups is 2. The summed E-state index contributed by atoms with van der Waals surface area (Å²) < 4.78 is 9.85. The fourth-order valence-corrected chi connectivity index (χ4v) is 2.58. The number of rotatable bonds is 6. The van der Waals surface area contributed by atoms with Gasteiger partial charge in [0.15, 0.2) is 0 Å². The smallest absolute Gasteiger partial charge is 0.410 e. The summed E-state index contributed by atoms with van der Waals surface area (Å²) in [6.45, 7) is 4.16. The first-order valence-electron chi connectivity index (χ1n) is 7.33. The molecule has 5 nitrogen and oxygen atoms in total. The van der Waals surface area contributed by atoms with Gasteiger partial charge in [0.1, 0.15) is 6.04 Å². The average molecular weight is 283 g/mol. The molecule has 5 heteroatoms. The number of carbonyl (C=O) groups excluding carboxylic acids is 2. The molecule has 20 heavy (non-hydrogen) atoms. The molecule has 0 aliphatic carbocycles. The molecule has 1 heterocycles. The van der Waals surface area contributed by atoms with Crippen LogP contribution in [0.15, 0.2) is 12.2 Å². The Hall–Kier alpha value is -1.52. The van der Waals surface area contributed by atoms with Crippen molar-refractivity contribution in [2.45, 2.75) is 58.0 Å². The number of methoxy groups -OCH3 is 1. The Bertz CT molecular complexity index is 354. The molecule has 1 aliphatic heterocycles. The summed E-state index contributed by atoms with van der Waals surface area (Å²) in [4.78, 5) is 25.4. The predicted molar refractivity (Wildman–Crippen MR) is 76.4 cm³/mol. The number of amides is 1. The van der Waals surface area contributed by atoms with E-state index in [2.05, 4.69) is 19.1 Å². The highest BCUT2D eigenvalue weighted by molar-refractivity contribution is 5.82. The minimum atomic E-state index is -0.501. The van der Waals surface area contributed by atoms with Gasteiger partial charge in [0.25, 0.3) is 0 Å². The van der Waals surface area contributed by atoms with Crippen LogP contribution in [0.5, 0.6) is 0 Å². The Morgan fingerprint density at radius 3 is 2.60 bits per heavy atom. The van der Waals surface area contributed by atoms with Crippen LogP contribution in [0, 0.1) is 0 Å². The standard InChI is InChI=1S/C15H25NO4/c1-4-6-7-8-9-12-10-11-13(14(17)19-3)16(12)15(18)20-5-2/h6-7,12-13H,4-5,8-11H2,1-3H3/b7-6+/t12-,13-/m0/s1. The molecule has 1 saturated heterocycles. The number of likely N-dealkylation sites (tertiary alicyclic amines) is 1. The summed E-state index contributed by atoms with van der Waals surface area (Å²) >= 11 is 0. The second-order valence-corrected chi connectivity index (χ2v) is 4.83. The topological polar surface area (TPSA) is 55.8 Å². The maximum atomic E-state index is 12.1. The van der Waals surface area contributed by atoms with Crippen LogP contribution in [0.4, 0.5) is 4.79 Å². The van der Waals surface area contributed by atoms with E-state index in [0.717, 1.165) is 25.7 Å². The molecule has 0 radical (unpaired) electrons. The molecule has 1 amide bonds. The van der Waals surface area contributed by atoms with E-state index in [1.54, 1.807) is 11.8 Å². The molecular weight excluding hydrogens is 258 g/mol. The largest absolute Gasteiger partial charge is 0.467 e. The molecule has 0 aromatic rings. The third kappa shape index (κ3) is 4.25. The van der Waals surface area contributed by atoms with Gasteiger partial charge < -0.3 is 9.47 Å². The fraction of sp³-hybridized carbons (Fsp3) is 0.733. The van der Waals surface area contributed by atoms with Crippen LogP contribution in [0.1, 0.15) is 46.0 Å². The van der Waals surface area contributed by atoms with Crippen molar-refractivity contribution < 1.29 is 19.1 Å². The Kier molecular flexibility index (Phi) is 7.12. The fourth-order valence-electron chi connectivity index (χ4n) is 2.58. The molecule has 0 aromatic carbocycles. The van der Waals surface area contributed by atoms with Crippen molar-refractivity contribution in [1.29, 1.82) is 0 Å². The summed E-state index contributed by atoms with van der Waals surface area (Å²) in [7, 11) is 1.35. The summed E-state index contributed by atoms with van der Waals surface area (Å²) in [6, 6.07) is -0.445. The Balaban J connectivity index is 2.70. The minimum Gasteiger partial charge on any atom is -0.467 e. The SMILES string of the molecule is CC/C=C/CC[C@H]1CC[C@@H](C(=O)OC)N1C(=O)OCC. The summed E-state index contributed by atoms with van der Waals surface area (Å²) in [6.07, 6.45) is 8.05. The molecule has 0 spiro atoms. The Labute approximate surface area is 120 Å². The first-order valence-corrected chi connectivity index (χ1v) is 7.33. The van der Waals surface area contributed by atoms with Crippen molar-refractivity contribution in [3.8, 4) is 0 Å². The summed E-state index contributed by atoms with van der Waals surface area (Å²) in [5.41, 5.74) is 0. The van der Waals surface area contributed by atoms with E-state index >= 15 is 0 Å². The zero-order chi connectivity index (χ0) is 15.0. The van der Waals surface area contributed by atoms with Crippen LogP contribution in [-0.4, -0.2) is 42.8 Å². The average Bonchev–Trinajstić information content (AvgIpc) is 2.87. The van der Waals surface area contributed by atoms with Crippen LogP contribution in [0.3, 0.4) is 0 Å². The molecule has 0 bridgehead atoms. The van der Waals surface area contributed by atoms with Gasteiger partial charge in [0.05, 0.1) is 13.7 Å². The van der Waals surface area contributed by atoms with Gasteiger partial charge in [-0.1, -0.05) is 19.1 Å². The Morgan fingerprint density at radius 1 is 1.25 bits per heavy atom. The molecule has 114 valence electrons. The van der Waals surface area contributed by atoms with E-state index in [0.29, 0.717) is 13.0 Å². The molecule has 0 unspecified atom stereocenters. The Morgan fingerprint density at radius 2 is 2.00 bits per heavy atom. The molecule has 2 atom stereocenters. The van der Waals surface area contributed by atoms with E-state index in [-0.39, 0.29) is 12.0 Å². The number of ether oxygens (including phenoxy) is 2. The molecule has 0 aromatic heterocycles. The van der Waals surface area contributed by atoms with E-state index in [4.69, 9.17) is 9.47 Å². The second kappa shape index (κ2) is 8.61. The molecule has 1 fully saturated rings. The van der Waals surface area contributed by atoms with Crippen molar-refractivity contribution in [1.82, 2.24) is 4.90 Å². The van der Waals surface area contributed by atoms with E-state index < -0.39 is 12.1 Å². The maximum absolute atomic E-state index is 12.1. The molecule has 0 N–H and O–H groups in total. The highest BCUT2D eigenvalue weighted by atomic mass is 16.6. The van der Waals surface area contributed by atoms with Crippen LogP contribution in [-0.2, 0) is 14.3 Å². The quantitative estimate of drug-likeness (QED) is 0.555. The van der Waals surface area contributed by atoms with Gasteiger partial charge in [-0.2, -0.15) is 0 Å².